The van der Waals surface area contributed by atoms with Crippen LogP contribution in [0.5, 0.6) is 0 Å². The first-order valence-corrected chi connectivity index (χ1v) is 10.9. The number of rotatable bonds is 2. The van der Waals surface area contributed by atoms with Crippen molar-refractivity contribution in [3.8, 4) is 0 Å². The van der Waals surface area contributed by atoms with Crippen molar-refractivity contribution in [3.63, 3.8) is 0 Å². The van der Waals surface area contributed by atoms with Crippen LogP contribution in [-0.4, -0.2) is 13.3 Å². The van der Waals surface area contributed by atoms with Gasteiger partial charge in [-0.1, -0.05) is 0 Å². The average molecular weight is 241 g/mol. The van der Waals surface area contributed by atoms with Gasteiger partial charge in [0.1, 0.15) is 0 Å². The molecule has 1 aliphatic rings. The summed E-state index contributed by atoms with van der Waals surface area (Å²) in [5.41, 5.74) is 3.45. The Balaban J connectivity index is 2.89. The van der Waals surface area contributed by atoms with E-state index in [2.05, 4.69) is 41.5 Å². The fourth-order valence-electron chi connectivity index (χ4n) is 2.83. The summed E-state index contributed by atoms with van der Waals surface area (Å²) in [5, 5.41) is 3.03. The minimum atomic E-state index is -1.53. The van der Waals surface area contributed by atoms with Gasteiger partial charge in [-0.2, -0.15) is 0 Å². The van der Waals surface area contributed by atoms with E-state index in [1.165, 1.54) is 10.5 Å². The van der Waals surface area contributed by atoms with E-state index >= 15 is 0 Å². The van der Waals surface area contributed by atoms with E-state index in [0.29, 0.717) is 0 Å². The second-order valence-electron chi connectivity index (χ2n) is 5.46. The van der Waals surface area contributed by atoms with Crippen LogP contribution in [0.25, 0.3) is 0 Å². The van der Waals surface area contributed by atoms with E-state index in [4.69, 9.17) is 0 Å². The molecule has 0 fully saturated rings. The van der Waals surface area contributed by atoms with Gasteiger partial charge in [-0.25, -0.2) is 0 Å². The molecule has 0 amide bonds. The van der Waals surface area contributed by atoms with Crippen molar-refractivity contribution in [2.24, 2.45) is 0 Å². The molecule has 0 atom stereocenters. The Hall–Kier alpha value is 0.283. The fourth-order valence-corrected chi connectivity index (χ4v) is 14.7. The molecule has 0 aromatic carbocycles. The first-order chi connectivity index (χ1) is 5.90. The van der Waals surface area contributed by atoms with Gasteiger partial charge in [0.05, 0.1) is 0 Å². The maximum atomic E-state index is 2.46. The standard InChI is InChI=1S/C12H24Ge/c1-9(2)13(10(3)4)7-11(5)12(6)8-13/h9-10H,7-8H2,1-6H3. The minimum absolute atomic E-state index is 0.993. The molecule has 0 spiro atoms. The molecule has 0 aliphatic carbocycles. The Morgan fingerprint density at radius 2 is 1.15 bits per heavy atom. The van der Waals surface area contributed by atoms with Crippen LogP contribution in [0, 0.1) is 0 Å². The van der Waals surface area contributed by atoms with Crippen molar-refractivity contribution in [3.05, 3.63) is 11.1 Å². The molecule has 0 nitrogen and oxygen atoms in total. The topological polar surface area (TPSA) is 0 Å². The molecule has 0 aromatic heterocycles. The van der Waals surface area contributed by atoms with E-state index in [1.807, 2.05) is 0 Å². The fraction of sp³-hybridized carbons (Fsp3) is 0.833. The summed E-state index contributed by atoms with van der Waals surface area (Å²) in [5.74, 6) is 0. The van der Waals surface area contributed by atoms with Crippen LogP contribution in [0.1, 0.15) is 41.5 Å². The number of hydrogen-bond acceptors (Lipinski definition) is 0. The monoisotopic (exact) mass is 242 g/mol. The van der Waals surface area contributed by atoms with Gasteiger partial charge < -0.3 is 0 Å². The zero-order valence-corrected chi connectivity index (χ0v) is 12.2. The Labute approximate surface area is 86.2 Å². The van der Waals surface area contributed by atoms with Crippen LogP contribution in [0.3, 0.4) is 0 Å². The average Bonchev–Trinajstić information content (AvgIpc) is 2.29. The SMILES string of the molecule is CC1=C(C)[CH2][Ge]([CH](C)C)([CH](C)C)[CH2]1. The zero-order valence-electron chi connectivity index (χ0n) is 10.1. The second-order valence-corrected chi connectivity index (χ2v) is 17.0. The molecule has 1 heterocycles. The molecule has 0 bridgehead atoms. The van der Waals surface area contributed by atoms with E-state index in [9.17, 15) is 0 Å². The third-order valence-corrected chi connectivity index (χ3v) is 18.9. The molecular weight excluding hydrogens is 217 g/mol. The summed E-state index contributed by atoms with van der Waals surface area (Å²) >= 11 is -1.53. The summed E-state index contributed by atoms with van der Waals surface area (Å²) < 4.78 is 1.99. The number of allylic oxidation sites excluding steroid dienone is 2. The Morgan fingerprint density at radius 1 is 0.846 bits per heavy atom. The van der Waals surface area contributed by atoms with Crippen molar-refractivity contribution < 1.29 is 0 Å². The molecule has 76 valence electrons. The number of hydrogen-bond donors (Lipinski definition) is 0. The molecular formula is C12H24Ge. The van der Waals surface area contributed by atoms with Gasteiger partial charge in [-0.3, -0.25) is 0 Å². The normalized spacial score (nSPS) is 22.2. The van der Waals surface area contributed by atoms with Gasteiger partial charge in [-0.15, -0.1) is 0 Å². The van der Waals surface area contributed by atoms with E-state index in [1.54, 1.807) is 11.1 Å². The summed E-state index contributed by atoms with van der Waals surface area (Å²) in [7, 11) is 0. The summed E-state index contributed by atoms with van der Waals surface area (Å²) in [4.78, 5) is 0. The van der Waals surface area contributed by atoms with Crippen LogP contribution in [0.15, 0.2) is 11.1 Å². The Morgan fingerprint density at radius 3 is 1.31 bits per heavy atom. The second kappa shape index (κ2) is 3.80. The van der Waals surface area contributed by atoms with Crippen molar-refractivity contribution in [1.29, 1.82) is 0 Å². The molecule has 0 saturated heterocycles. The molecule has 13 heavy (non-hydrogen) atoms. The maximum absolute atomic E-state index is 2.46. The molecule has 0 aromatic rings. The van der Waals surface area contributed by atoms with Crippen LogP contribution >= 0.6 is 0 Å². The molecule has 0 N–H and O–H groups in total. The van der Waals surface area contributed by atoms with Crippen LogP contribution < -0.4 is 0 Å². The van der Waals surface area contributed by atoms with Crippen LogP contribution in [-0.2, 0) is 0 Å². The molecule has 1 rings (SSSR count). The quantitative estimate of drug-likeness (QED) is 0.489. The first-order valence-electron chi connectivity index (χ1n) is 5.55. The summed E-state index contributed by atoms with van der Waals surface area (Å²) in [6.45, 7) is 14.6. The third-order valence-electron chi connectivity index (χ3n) is 4.22. The molecule has 1 heteroatoms. The third kappa shape index (κ3) is 1.88. The van der Waals surface area contributed by atoms with Gasteiger partial charge in [0.2, 0.25) is 0 Å². The van der Waals surface area contributed by atoms with Gasteiger partial charge in [0.25, 0.3) is 0 Å². The van der Waals surface area contributed by atoms with Gasteiger partial charge in [0, 0.05) is 0 Å². The van der Waals surface area contributed by atoms with Crippen molar-refractivity contribution in [2.45, 2.75) is 61.5 Å². The van der Waals surface area contributed by atoms with Gasteiger partial charge in [-0.05, 0) is 0 Å². The molecule has 0 unspecified atom stereocenters. The Kier molecular flexibility index (Phi) is 3.32. The predicted octanol–water partition coefficient (Wildman–Crippen LogP) is 4.61. The molecule has 1 aliphatic heterocycles. The first kappa shape index (κ1) is 11.4. The van der Waals surface area contributed by atoms with Crippen molar-refractivity contribution >= 4 is 13.3 Å². The van der Waals surface area contributed by atoms with Gasteiger partial charge >= 0.3 is 86.0 Å². The molecule has 0 saturated carbocycles. The predicted molar refractivity (Wildman–Crippen MR) is 63.9 cm³/mol. The van der Waals surface area contributed by atoms with Crippen LogP contribution in [0.2, 0.25) is 20.0 Å². The Bertz CT molecular complexity index is 199. The van der Waals surface area contributed by atoms with Crippen molar-refractivity contribution in [2.75, 3.05) is 0 Å². The van der Waals surface area contributed by atoms with E-state index in [0.717, 1.165) is 9.50 Å². The van der Waals surface area contributed by atoms with Gasteiger partial charge in [0.15, 0.2) is 0 Å². The van der Waals surface area contributed by atoms with Crippen molar-refractivity contribution in [1.82, 2.24) is 0 Å². The molecule has 0 radical (unpaired) electrons. The van der Waals surface area contributed by atoms with E-state index in [-0.39, 0.29) is 0 Å². The van der Waals surface area contributed by atoms with Crippen LogP contribution in [0.4, 0.5) is 0 Å². The summed E-state index contributed by atoms with van der Waals surface area (Å²) in [6, 6.07) is 0. The summed E-state index contributed by atoms with van der Waals surface area (Å²) in [6.07, 6.45) is 0. The van der Waals surface area contributed by atoms with E-state index < -0.39 is 13.3 Å². The zero-order chi connectivity index (χ0) is 10.2.